The first-order valence-electron chi connectivity index (χ1n) is 4.81. The zero-order valence-corrected chi connectivity index (χ0v) is 7.58. The highest BCUT2D eigenvalue weighted by Crippen LogP contribution is 2.44. The van der Waals surface area contributed by atoms with Gasteiger partial charge in [-0.05, 0) is 26.2 Å². The van der Waals surface area contributed by atoms with Gasteiger partial charge in [0.25, 0.3) is 0 Å². The lowest BCUT2D eigenvalue weighted by molar-refractivity contribution is -0.189. The van der Waals surface area contributed by atoms with Gasteiger partial charge in [-0.25, -0.2) is 0 Å². The zero-order valence-electron chi connectivity index (χ0n) is 7.58. The lowest BCUT2D eigenvalue weighted by atomic mass is 9.70. The van der Waals surface area contributed by atoms with Gasteiger partial charge in [-0.3, -0.25) is 0 Å². The Morgan fingerprint density at radius 1 is 1.67 bits per heavy atom. The summed E-state index contributed by atoms with van der Waals surface area (Å²) in [7, 11) is 0. The molecule has 2 fully saturated rings. The van der Waals surface area contributed by atoms with Gasteiger partial charge in [-0.15, -0.1) is 0 Å². The maximum absolute atomic E-state index is 5.93. The van der Waals surface area contributed by atoms with Crippen molar-refractivity contribution in [1.82, 2.24) is 0 Å². The summed E-state index contributed by atoms with van der Waals surface area (Å²) in [5.41, 5.74) is 5.83. The topological polar surface area (TPSA) is 44.5 Å². The van der Waals surface area contributed by atoms with Crippen LogP contribution in [0, 0.1) is 0 Å². The molecule has 1 spiro atoms. The molecule has 0 aromatic rings. The summed E-state index contributed by atoms with van der Waals surface area (Å²) in [4.78, 5) is 0. The van der Waals surface area contributed by atoms with Crippen molar-refractivity contribution in [2.24, 2.45) is 5.73 Å². The van der Waals surface area contributed by atoms with Crippen LogP contribution >= 0.6 is 0 Å². The fraction of sp³-hybridized carbons (Fsp3) is 1.00. The molecular formula is C9H17NO2. The van der Waals surface area contributed by atoms with E-state index in [1.54, 1.807) is 0 Å². The van der Waals surface area contributed by atoms with Crippen molar-refractivity contribution >= 4 is 0 Å². The fourth-order valence-corrected chi connectivity index (χ4v) is 2.35. The summed E-state index contributed by atoms with van der Waals surface area (Å²) in [6.07, 6.45) is 3.45. The van der Waals surface area contributed by atoms with E-state index >= 15 is 0 Å². The Labute approximate surface area is 73.2 Å². The fourth-order valence-electron chi connectivity index (χ4n) is 2.35. The van der Waals surface area contributed by atoms with Crippen LogP contribution in [-0.4, -0.2) is 31.0 Å². The Morgan fingerprint density at radius 2 is 2.50 bits per heavy atom. The van der Waals surface area contributed by atoms with Gasteiger partial charge in [0.2, 0.25) is 0 Å². The third-order valence-electron chi connectivity index (χ3n) is 3.09. The van der Waals surface area contributed by atoms with E-state index in [2.05, 4.69) is 0 Å². The standard InChI is InChI=1S/C9H17NO2/c1-2-11-8-6-7(10)9(8)4-3-5-12-9/h7-8H,2-6,10H2,1H3/t7-,8+,9-/m0/s1. The predicted octanol–water partition coefficient (Wildman–Crippen LogP) is 0.672. The summed E-state index contributed by atoms with van der Waals surface area (Å²) in [6.45, 7) is 3.65. The lowest BCUT2D eigenvalue weighted by Crippen LogP contribution is -2.67. The third-order valence-corrected chi connectivity index (χ3v) is 3.09. The number of nitrogens with two attached hydrogens (primary N) is 1. The highest BCUT2D eigenvalue weighted by molar-refractivity contribution is 5.11. The smallest absolute Gasteiger partial charge is 0.109 e. The summed E-state index contributed by atoms with van der Waals surface area (Å²) in [5.74, 6) is 0. The van der Waals surface area contributed by atoms with Gasteiger partial charge in [-0.1, -0.05) is 0 Å². The highest BCUT2D eigenvalue weighted by atomic mass is 16.6. The van der Waals surface area contributed by atoms with Crippen molar-refractivity contribution in [3.8, 4) is 0 Å². The van der Waals surface area contributed by atoms with Gasteiger partial charge in [0, 0.05) is 19.3 Å². The Kier molecular flexibility index (Phi) is 2.10. The molecule has 0 unspecified atom stereocenters. The molecule has 3 nitrogen and oxygen atoms in total. The molecule has 2 N–H and O–H groups in total. The van der Waals surface area contributed by atoms with Gasteiger partial charge in [0.1, 0.15) is 5.60 Å². The van der Waals surface area contributed by atoms with Gasteiger partial charge < -0.3 is 15.2 Å². The number of hydrogen-bond donors (Lipinski definition) is 1. The summed E-state index contributed by atoms with van der Waals surface area (Å²) in [5, 5.41) is 0. The second kappa shape index (κ2) is 2.98. The Bertz CT molecular complexity index is 164. The van der Waals surface area contributed by atoms with E-state index < -0.39 is 0 Å². The molecule has 0 aromatic heterocycles. The molecule has 1 saturated carbocycles. The molecule has 1 saturated heterocycles. The molecule has 2 aliphatic rings. The van der Waals surface area contributed by atoms with E-state index in [1.807, 2.05) is 6.92 Å². The van der Waals surface area contributed by atoms with Gasteiger partial charge in [-0.2, -0.15) is 0 Å². The van der Waals surface area contributed by atoms with Crippen molar-refractivity contribution in [3.05, 3.63) is 0 Å². The second-order valence-corrected chi connectivity index (χ2v) is 3.69. The van der Waals surface area contributed by atoms with Crippen LogP contribution < -0.4 is 5.73 Å². The van der Waals surface area contributed by atoms with E-state index in [0.717, 1.165) is 32.5 Å². The van der Waals surface area contributed by atoms with Crippen molar-refractivity contribution in [2.75, 3.05) is 13.2 Å². The first-order valence-corrected chi connectivity index (χ1v) is 4.81. The lowest BCUT2D eigenvalue weighted by Gasteiger charge is -2.50. The van der Waals surface area contributed by atoms with E-state index in [4.69, 9.17) is 15.2 Å². The van der Waals surface area contributed by atoms with Gasteiger partial charge in [0.15, 0.2) is 0 Å². The Morgan fingerprint density at radius 3 is 3.00 bits per heavy atom. The monoisotopic (exact) mass is 171 g/mol. The molecule has 1 aliphatic heterocycles. The number of hydrogen-bond acceptors (Lipinski definition) is 3. The minimum absolute atomic E-state index is 0.101. The van der Waals surface area contributed by atoms with Crippen LogP contribution in [-0.2, 0) is 9.47 Å². The van der Waals surface area contributed by atoms with E-state index in [1.165, 1.54) is 0 Å². The van der Waals surface area contributed by atoms with Gasteiger partial charge >= 0.3 is 0 Å². The van der Waals surface area contributed by atoms with Crippen LogP contribution in [0.4, 0.5) is 0 Å². The van der Waals surface area contributed by atoms with Crippen molar-refractivity contribution < 1.29 is 9.47 Å². The highest BCUT2D eigenvalue weighted by Gasteiger charge is 2.56. The van der Waals surface area contributed by atoms with Crippen LogP contribution in [0.15, 0.2) is 0 Å². The average molecular weight is 171 g/mol. The first kappa shape index (κ1) is 8.48. The predicted molar refractivity (Wildman–Crippen MR) is 45.9 cm³/mol. The SMILES string of the molecule is CCO[C@@H]1C[C@H](N)[C@@]12CCCO2. The van der Waals surface area contributed by atoms with E-state index in [-0.39, 0.29) is 17.7 Å². The minimum Gasteiger partial charge on any atom is -0.375 e. The summed E-state index contributed by atoms with van der Waals surface area (Å²) in [6, 6.07) is 0.205. The molecule has 0 aromatic carbocycles. The second-order valence-electron chi connectivity index (χ2n) is 3.69. The first-order chi connectivity index (χ1) is 5.79. The third kappa shape index (κ3) is 1.00. The van der Waals surface area contributed by atoms with Crippen molar-refractivity contribution in [3.63, 3.8) is 0 Å². The van der Waals surface area contributed by atoms with E-state index in [9.17, 15) is 0 Å². The maximum Gasteiger partial charge on any atom is 0.109 e. The molecule has 0 bridgehead atoms. The molecule has 0 radical (unpaired) electrons. The average Bonchev–Trinajstić information content (AvgIpc) is 2.55. The largest absolute Gasteiger partial charge is 0.375 e. The molecule has 1 aliphatic carbocycles. The molecule has 2 rings (SSSR count). The van der Waals surface area contributed by atoms with Gasteiger partial charge in [0.05, 0.1) is 6.10 Å². The molecule has 12 heavy (non-hydrogen) atoms. The van der Waals surface area contributed by atoms with Crippen molar-refractivity contribution in [2.45, 2.75) is 43.9 Å². The van der Waals surface area contributed by atoms with Crippen LogP contribution in [0.3, 0.4) is 0 Å². The quantitative estimate of drug-likeness (QED) is 0.664. The van der Waals surface area contributed by atoms with Crippen LogP contribution in [0.25, 0.3) is 0 Å². The Hall–Kier alpha value is -0.120. The molecule has 3 atom stereocenters. The molecular weight excluding hydrogens is 154 g/mol. The maximum atomic E-state index is 5.93. The van der Waals surface area contributed by atoms with Crippen LogP contribution in [0.5, 0.6) is 0 Å². The molecule has 1 heterocycles. The van der Waals surface area contributed by atoms with Crippen LogP contribution in [0.2, 0.25) is 0 Å². The normalized spacial score (nSPS) is 46.5. The summed E-state index contributed by atoms with van der Waals surface area (Å²) < 4.78 is 11.3. The molecule has 70 valence electrons. The Balaban J connectivity index is 2.00. The van der Waals surface area contributed by atoms with Crippen LogP contribution in [0.1, 0.15) is 26.2 Å². The molecule has 0 amide bonds. The minimum atomic E-state index is -0.101. The number of rotatable bonds is 2. The zero-order chi connectivity index (χ0) is 8.60. The van der Waals surface area contributed by atoms with E-state index in [0.29, 0.717) is 0 Å². The van der Waals surface area contributed by atoms with Crippen molar-refractivity contribution in [1.29, 1.82) is 0 Å². The summed E-state index contributed by atoms with van der Waals surface area (Å²) >= 11 is 0. The molecule has 3 heteroatoms. The number of ether oxygens (including phenoxy) is 2.